The third-order valence-corrected chi connectivity index (χ3v) is 4.97. The Labute approximate surface area is 180 Å². The first-order chi connectivity index (χ1) is 14.6. The lowest BCUT2D eigenvalue weighted by atomic mass is 10.1. The minimum absolute atomic E-state index is 0.0113. The highest BCUT2D eigenvalue weighted by atomic mass is 35.5. The van der Waals surface area contributed by atoms with Crippen LogP contribution >= 0.6 is 11.6 Å². The standard InChI is InChI=1S/C19H18ClF4N5O2/c1-2-15(21)16-10-29(17-26-7-12(20)8-27-17)18(31)28(16)9-14(30)6-13-5-11(3-4-25-13)19(22,23)24/h3-5,7-8,15-16H,2,6,9-10H2,1H3/t15-,16+/m0/s1. The average Bonchev–Trinajstić information content (AvgIpc) is 3.04. The Morgan fingerprint density at radius 2 is 1.97 bits per heavy atom. The molecule has 7 nitrogen and oxygen atoms in total. The molecule has 0 aromatic carbocycles. The Morgan fingerprint density at radius 1 is 1.29 bits per heavy atom. The average molecular weight is 460 g/mol. The number of rotatable bonds is 7. The Balaban J connectivity index is 1.76. The van der Waals surface area contributed by atoms with Crippen LogP contribution in [0.3, 0.4) is 0 Å². The van der Waals surface area contributed by atoms with E-state index in [9.17, 15) is 27.2 Å². The lowest BCUT2D eigenvalue weighted by molar-refractivity contribution is -0.137. The van der Waals surface area contributed by atoms with Gasteiger partial charge in [0.15, 0.2) is 5.78 Å². The van der Waals surface area contributed by atoms with E-state index in [1.165, 1.54) is 12.4 Å². The highest BCUT2D eigenvalue weighted by molar-refractivity contribution is 6.30. The number of ketones is 1. The number of alkyl halides is 4. The summed E-state index contributed by atoms with van der Waals surface area (Å²) in [7, 11) is 0. The molecule has 1 aliphatic rings. The molecule has 1 fully saturated rings. The maximum Gasteiger partial charge on any atom is 0.416 e. The van der Waals surface area contributed by atoms with Gasteiger partial charge >= 0.3 is 12.2 Å². The summed E-state index contributed by atoms with van der Waals surface area (Å²) in [5.74, 6) is -0.565. The number of aromatic nitrogens is 3. The summed E-state index contributed by atoms with van der Waals surface area (Å²) in [5.41, 5.74) is -1.02. The molecule has 0 N–H and O–H groups in total. The van der Waals surface area contributed by atoms with Crippen molar-refractivity contribution in [3.05, 3.63) is 47.0 Å². The molecular formula is C19H18ClF4N5O2. The van der Waals surface area contributed by atoms with Gasteiger partial charge in [0.25, 0.3) is 0 Å². The molecular weight excluding hydrogens is 442 g/mol. The van der Waals surface area contributed by atoms with Gasteiger partial charge in [0, 0.05) is 11.9 Å². The molecule has 1 aliphatic heterocycles. The summed E-state index contributed by atoms with van der Waals surface area (Å²) in [4.78, 5) is 39.3. The number of halogens is 5. The molecule has 2 aromatic rings. The summed E-state index contributed by atoms with van der Waals surface area (Å²) in [6.07, 6.45) is -2.78. The first-order valence-electron chi connectivity index (χ1n) is 9.33. The van der Waals surface area contributed by atoms with Crippen LogP contribution in [-0.2, 0) is 17.4 Å². The summed E-state index contributed by atoms with van der Waals surface area (Å²) in [6.45, 7) is 1.04. The lowest BCUT2D eigenvalue weighted by Crippen LogP contribution is -2.43. The van der Waals surface area contributed by atoms with E-state index >= 15 is 0 Å². The zero-order valence-electron chi connectivity index (χ0n) is 16.3. The van der Waals surface area contributed by atoms with Gasteiger partial charge in [-0.2, -0.15) is 13.2 Å². The Kier molecular flexibility index (Phi) is 6.73. The largest absolute Gasteiger partial charge is 0.416 e. The monoisotopic (exact) mass is 459 g/mol. The zero-order valence-corrected chi connectivity index (χ0v) is 17.1. The van der Waals surface area contributed by atoms with Crippen molar-refractivity contribution >= 4 is 29.4 Å². The van der Waals surface area contributed by atoms with E-state index < -0.39 is 48.7 Å². The minimum atomic E-state index is -4.57. The number of amides is 2. The van der Waals surface area contributed by atoms with E-state index in [0.29, 0.717) is 0 Å². The minimum Gasteiger partial charge on any atom is -0.309 e. The van der Waals surface area contributed by atoms with Crippen LogP contribution in [0.4, 0.5) is 28.3 Å². The lowest BCUT2D eigenvalue weighted by Gasteiger charge is -2.24. The van der Waals surface area contributed by atoms with Gasteiger partial charge in [-0.3, -0.25) is 14.7 Å². The molecule has 2 aromatic heterocycles. The molecule has 3 rings (SSSR count). The van der Waals surface area contributed by atoms with Crippen LogP contribution in [0.25, 0.3) is 0 Å². The van der Waals surface area contributed by atoms with Crippen molar-refractivity contribution < 1.29 is 27.2 Å². The van der Waals surface area contributed by atoms with Crippen molar-refractivity contribution in [2.24, 2.45) is 0 Å². The summed E-state index contributed by atoms with van der Waals surface area (Å²) >= 11 is 5.75. The van der Waals surface area contributed by atoms with Crippen LogP contribution in [0.5, 0.6) is 0 Å². The van der Waals surface area contributed by atoms with Gasteiger partial charge in [0.1, 0.15) is 6.17 Å². The molecule has 0 saturated carbocycles. The number of anilines is 1. The number of hydrogen-bond donors (Lipinski definition) is 0. The molecule has 2 atom stereocenters. The van der Waals surface area contributed by atoms with Crippen LogP contribution < -0.4 is 4.90 Å². The van der Waals surface area contributed by atoms with Gasteiger partial charge in [0.05, 0.1) is 48.5 Å². The molecule has 1 saturated heterocycles. The van der Waals surface area contributed by atoms with Gasteiger partial charge in [0.2, 0.25) is 5.95 Å². The van der Waals surface area contributed by atoms with Crippen LogP contribution in [-0.4, -0.2) is 57.0 Å². The summed E-state index contributed by atoms with van der Waals surface area (Å²) in [5, 5.41) is 0.254. The molecule has 0 unspecified atom stereocenters. The second-order valence-electron chi connectivity index (χ2n) is 6.96. The van der Waals surface area contributed by atoms with Crippen molar-refractivity contribution in [2.45, 2.75) is 38.2 Å². The fraction of sp³-hybridized carbons (Fsp3) is 0.421. The number of pyridine rings is 1. The number of nitrogens with zero attached hydrogens (tertiary/aromatic N) is 5. The number of carbonyl (C=O) groups is 2. The van der Waals surface area contributed by atoms with Crippen molar-refractivity contribution in [2.75, 3.05) is 18.0 Å². The van der Waals surface area contributed by atoms with Gasteiger partial charge in [-0.15, -0.1) is 0 Å². The molecule has 31 heavy (non-hydrogen) atoms. The van der Waals surface area contributed by atoms with Gasteiger partial charge in [-0.25, -0.2) is 19.2 Å². The zero-order chi connectivity index (χ0) is 22.8. The summed E-state index contributed by atoms with van der Waals surface area (Å²) < 4.78 is 53.1. The van der Waals surface area contributed by atoms with E-state index in [1.54, 1.807) is 6.92 Å². The molecule has 0 bridgehead atoms. The number of hydrogen-bond acceptors (Lipinski definition) is 5. The molecule has 0 spiro atoms. The normalized spacial score (nSPS) is 17.9. The van der Waals surface area contributed by atoms with Crippen molar-refractivity contribution in [3.63, 3.8) is 0 Å². The number of Topliss-reactive ketones (excluding diaryl/α,β-unsaturated/α-hetero) is 1. The van der Waals surface area contributed by atoms with Crippen LogP contribution in [0.15, 0.2) is 30.7 Å². The van der Waals surface area contributed by atoms with E-state index in [-0.39, 0.29) is 29.6 Å². The highest BCUT2D eigenvalue weighted by Gasteiger charge is 2.43. The molecule has 0 radical (unpaired) electrons. The first kappa shape index (κ1) is 22.9. The Bertz CT molecular complexity index is 957. The topological polar surface area (TPSA) is 79.3 Å². The Morgan fingerprint density at radius 3 is 2.58 bits per heavy atom. The Hall–Kier alpha value is -2.82. The van der Waals surface area contributed by atoms with Gasteiger partial charge in [-0.1, -0.05) is 18.5 Å². The van der Waals surface area contributed by atoms with E-state index in [4.69, 9.17) is 11.6 Å². The quantitative estimate of drug-likeness (QED) is 0.590. The third-order valence-electron chi connectivity index (χ3n) is 4.77. The van der Waals surface area contributed by atoms with Gasteiger partial charge < -0.3 is 4.90 Å². The molecule has 12 heteroatoms. The second-order valence-corrected chi connectivity index (χ2v) is 7.40. The summed E-state index contributed by atoms with van der Waals surface area (Å²) in [6, 6.07) is -0.0321. The van der Waals surface area contributed by atoms with Crippen LogP contribution in [0.2, 0.25) is 5.02 Å². The smallest absolute Gasteiger partial charge is 0.309 e. The predicted octanol–water partition coefficient (Wildman–Crippen LogP) is 3.71. The van der Waals surface area contributed by atoms with E-state index in [1.807, 2.05) is 0 Å². The molecule has 3 heterocycles. The van der Waals surface area contributed by atoms with Crippen molar-refractivity contribution in [1.29, 1.82) is 0 Å². The van der Waals surface area contributed by atoms with Gasteiger partial charge in [-0.05, 0) is 18.6 Å². The van der Waals surface area contributed by atoms with E-state index in [2.05, 4.69) is 15.0 Å². The van der Waals surface area contributed by atoms with E-state index in [0.717, 1.165) is 28.1 Å². The van der Waals surface area contributed by atoms with Crippen LogP contribution in [0.1, 0.15) is 24.6 Å². The first-order valence-corrected chi connectivity index (χ1v) is 9.71. The maximum atomic E-state index is 14.5. The fourth-order valence-electron chi connectivity index (χ4n) is 3.24. The predicted molar refractivity (Wildman–Crippen MR) is 103 cm³/mol. The third kappa shape index (κ3) is 5.27. The molecule has 0 aliphatic carbocycles. The number of carbonyl (C=O) groups excluding carboxylic acids is 2. The van der Waals surface area contributed by atoms with Crippen LogP contribution in [0, 0.1) is 0 Å². The molecule has 2 amide bonds. The fourth-order valence-corrected chi connectivity index (χ4v) is 3.34. The second kappa shape index (κ2) is 9.13. The SMILES string of the molecule is CC[C@H](F)[C@H]1CN(c2ncc(Cl)cn2)C(=O)N1CC(=O)Cc1cc(C(F)(F)F)ccn1. The maximum absolute atomic E-state index is 14.5. The van der Waals surface area contributed by atoms with Crippen molar-refractivity contribution in [1.82, 2.24) is 19.9 Å². The van der Waals surface area contributed by atoms with Crippen molar-refractivity contribution in [3.8, 4) is 0 Å². The number of urea groups is 1. The highest BCUT2D eigenvalue weighted by Crippen LogP contribution is 2.29. The molecule has 166 valence electrons.